The van der Waals surface area contributed by atoms with Gasteiger partial charge in [0, 0.05) is 12.8 Å². The second-order valence-electron chi connectivity index (χ2n) is 17.9. The van der Waals surface area contributed by atoms with E-state index in [4.69, 9.17) is 4.74 Å². The number of allylic oxidation sites excluding steroid dienone is 1. The second kappa shape index (κ2) is 48.3. The molecular weight excluding hydrogens is 719 g/mol. The summed E-state index contributed by atoms with van der Waals surface area (Å²) in [4.78, 5) is 24.4. The van der Waals surface area contributed by atoms with Gasteiger partial charge in [-0.25, -0.2) is 0 Å². The fourth-order valence-corrected chi connectivity index (χ4v) is 8.05. The van der Waals surface area contributed by atoms with Crippen molar-refractivity contribution in [2.24, 2.45) is 0 Å². The van der Waals surface area contributed by atoms with Gasteiger partial charge < -0.3 is 20.3 Å². The highest BCUT2D eigenvalue weighted by Gasteiger charge is 2.18. The predicted molar refractivity (Wildman–Crippen MR) is 250 cm³/mol. The van der Waals surface area contributed by atoms with E-state index in [2.05, 4.69) is 19.2 Å². The number of aliphatic hydroxyl groups excluding tert-OH is 2. The molecule has 0 aliphatic carbocycles. The molecule has 0 aromatic heterocycles. The Morgan fingerprint density at radius 3 is 1.17 bits per heavy atom. The minimum absolute atomic E-state index is 0.000675. The van der Waals surface area contributed by atoms with Gasteiger partial charge in [-0.3, -0.25) is 9.59 Å². The number of unbranched alkanes of at least 4 members (excludes halogenated alkanes) is 37. The van der Waals surface area contributed by atoms with Crippen molar-refractivity contribution in [2.45, 2.75) is 296 Å². The van der Waals surface area contributed by atoms with Gasteiger partial charge in [0.15, 0.2) is 0 Å². The molecule has 1 amide bonds. The predicted octanol–water partition coefficient (Wildman–Crippen LogP) is 15.3. The molecule has 0 saturated carbocycles. The topological polar surface area (TPSA) is 95.9 Å². The summed E-state index contributed by atoms with van der Waals surface area (Å²) in [5.74, 6) is -0.0759. The molecule has 0 aliphatic rings. The number of carbonyl (C=O) groups is 2. The average Bonchev–Trinajstić information content (AvgIpc) is 3.22. The zero-order valence-corrected chi connectivity index (χ0v) is 39.0. The molecule has 0 fully saturated rings. The van der Waals surface area contributed by atoms with Crippen LogP contribution in [-0.2, 0) is 14.3 Å². The number of ether oxygens (including phenoxy) is 1. The van der Waals surface area contributed by atoms with Crippen LogP contribution in [0.3, 0.4) is 0 Å². The molecule has 344 valence electrons. The molecule has 2 unspecified atom stereocenters. The van der Waals surface area contributed by atoms with Crippen molar-refractivity contribution in [2.75, 3.05) is 13.2 Å². The minimum Gasteiger partial charge on any atom is -0.466 e. The Labute approximate surface area is 361 Å². The zero-order valence-electron chi connectivity index (χ0n) is 39.0. The molecule has 3 N–H and O–H groups in total. The van der Waals surface area contributed by atoms with E-state index in [1.807, 2.05) is 6.08 Å². The van der Waals surface area contributed by atoms with E-state index in [-0.39, 0.29) is 18.5 Å². The molecule has 0 radical (unpaired) electrons. The third-order valence-electron chi connectivity index (χ3n) is 12.1. The smallest absolute Gasteiger partial charge is 0.305 e. The van der Waals surface area contributed by atoms with E-state index in [9.17, 15) is 19.8 Å². The summed E-state index contributed by atoms with van der Waals surface area (Å²) < 4.78 is 5.45. The molecule has 0 saturated heterocycles. The maximum Gasteiger partial charge on any atom is 0.305 e. The number of carbonyl (C=O) groups excluding carboxylic acids is 2. The van der Waals surface area contributed by atoms with E-state index in [0.29, 0.717) is 19.4 Å². The lowest BCUT2D eigenvalue weighted by Gasteiger charge is -2.20. The number of rotatable bonds is 48. The number of esters is 1. The van der Waals surface area contributed by atoms with Crippen molar-refractivity contribution >= 4 is 11.9 Å². The van der Waals surface area contributed by atoms with Gasteiger partial charge in [0.05, 0.1) is 25.4 Å². The van der Waals surface area contributed by atoms with E-state index in [0.717, 1.165) is 44.9 Å². The molecule has 0 aromatic rings. The Balaban J connectivity index is 3.47. The molecule has 0 heterocycles. The normalized spacial score (nSPS) is 12.7. The van der Waals surface area contributed by atoms with Gasteiger partial charge in [-0.05, 0) is 32.1 Å². The van der Waals surface area contributed by atoms with Gasteiger partial charge in [-0.15, -0.1) is 0 Å². The summed E-state index contributed by atoms with van der Waals surface area (Å²) >= 11 is 0. The lowest BCUT2D eigenvalue weighted by atomic mass is 10.0. The number of hydrogen-bond acceptors (Lipinski definition) is 5. The van der Waals surface area contributed by atoms with Gasteiger partial charge in [-0.1, -0.05) is 251 Å². The van der Waals surface area contributed by atoms with Crippen molar-refractivity contribution < 1.29 is 24.5 Å². The third-order valence-corrected chi connectivity index (χ3v) is 12.1. The Morgan fingerprint density at radius 2 is 0.793 bits per heavy atom. The van der Waals surface area contributed by atoms with Crippen LogP contribution in [0.4, 0.5) is 0 Å². The first-order chi connectivity index (χ1) is 28.5. The van der Waals surface area contributed by atoms with Crippen molar-refractivity contribution in [3.63, 3.8) is 0 Å². The fourth-order valence-electron chi connectivity index (χ4n) is 8.05. The Kier molecular flexibility index (Phi) is 47.1. The van der Waals surface area contributed by atoms with E-state index >= 15 is 0 Å². The maximum absolute atomic E-state index is 12.4. The molecule has 58 heavy (non-hydrogen) atoms. The number of amides is 1. The van der Waals surface area contributed by atoms with Gasteiger partial charge >= 0.3 is 5.97 Å². The first kappa shape index (κ1) is 56.6. The van der Waals surface area contributed by atoms with Gasteiger partial charge in [-0.2, -0.15) is 0 Å². The summed E-state index contributed by atoms with van der Waals surface area (Å²) in [6.07, 6.45) is 54.9. The summed E-state index contributed by atoms with van der Waals surface area (Å²) in [6.45, 7) is 4.89. The van der Waals surface area contributed by atoms with Crippen LogP contribution in [0.25, 0.3) is 0 Å². The van der Waals surface area contributed by atoms with E-state index in [1.165, 1.54) is 212 Å². The summed E-state index contributed by atoms with van der Waals surface area (Å²) in [5.41, 5.74) is 0. The minimum atomic E-state index is -0.848. The standard InChI is InChI=1S/C52H101NO5/c1-3-5-7-9-11-13-15-16-18-21-25-28-32-36-40-44-50(55)49(48-54)53-51(56)45-41-37-33-29-26-22-19-17-20-23-27-31-35-39-43-47-58-52(57)46-42-38-34-30-24-14-12-10-8-6-4-2/h40,44,49-50,54-55H,3-39,41-43,45-48H2,1-2H3,(H,53,56)/b44-40+. The van der Waals surface area contributed by atoms with Crippen molar-refractivity contribution in [3.8, 4) is 0 Å². The highest BCUT2D eigenvalue weighted by atomic mass is 16.5. The number of hydrogen-bond donors (Lipinski definition) is 3. The van der Waals surface area contributed by atoms with Crippen molar-refractivity contribution in [1.29, 1.82) is 0 Å². The van der Waals surface area contributed by atoms with Crippen LogP contribution in [0.1, 0.15) is 284 Å². The Hall–Kier alpha value is -1.40. The van der Waals surface area contributed by atoms with Gasteiger partial charge in [0.1, 0.15) is 0 Å². The Bertz CT molecular complexity index is 863. The second-order valence-corrected chi connectivity index (χ2v) is 17.9. The summed E-state index contributed by atoms with van der Waals surface area (Å²) in [6, 6.07) is -0.632. The largest absolute Gasteiger partial charge is 0.466 e. The SMILES string of the molecule is CCCCCCCCCCCCCCC/C=C/C(O)C(CO)NC(=O)CCCCCCCCCCCCCCCCCOC(=O)CCCCCCCCCCCCC. The van der Waals surface area contributed by atoms with Gasteiger partial charge in [0.2, 0.25) is 5.91 Å². The molecule has 2 atom stereocenters. The van der Waals surface area contributed by atoms with Crippen LogP contribution in [0.2, 0.25) is 0 Å². The molecule has 6 heteroatoms. The lowest BCUT2D eigenvalue weighted by Crippen LogP contribution is -2.45. The van der Waals surface area contributed by atoms with Crippen LogP contribution >= 0.6 is 0 Å². The maximum atomic E-state index is 12.4. The first-order valence-electron chi connectivity index (χ1n) is 26.0. The van der Waals surface area contributed by atoms with E-state index < -0.39 is 12.1 Å². The monoisotopic (exact) mass is 820 g/mol. The highest BCUT2D eigenvalue weighted by molar-refractivity contribution is 5.76. The average molecular weight is 820 g/mol. The zero-order chi connectivity index (χ0) is 42.3. The summed E-state index contributed by atoms with van der Waals surface area (Å²) in [7, 11) is 0. The Morgan fingerprint density at radius 1 is 0.466 bits per heavy atom. The molecule has 0 rings (SSSR count). The quantitative estimate of drug-likeness (QED) is 0.0323. The molecule has 0 aliphatic heterocycles. The highest BCUT2D eigenvalue weighted by Crippen LogP contribution is 2.16. The summed E-state index contributed by atoms with van der Waals surface area (Å²) in [5, 5.41) is 23.1. The van der Waals surface area contributed by atoms with Crippen LogP contribution in [0.5, 0.6) is 0 Å². The van der Waals surface area contributed by atoms with Crippen LogP contribution in [0.15, 0.2) is 12.2 Å². The van der Waals surface area contributed by atoms with Crippen LogP contribution < -0.4 is 5.32 Å². The molecule has 6 nitrogen and oxygen atoms in total. The van der Waals surface area contributed by atoms with Crippen molar-refractivity contribution in [3.05, 3.63) is 12.2 Å². The lowest BCUT2D eigenvalue weighted by molar-refractivity contribution is -0.143. The van der Waals surface area contributed by atoms with E-state index in [1.54, 1.807) is 6.08 Å². The molecule has 0 spiro atoms. The molecule has 0 bridgehead atoms. The first-order valence-corrected chi connectivity index (χ1v) is 26.0. The number of nitrogens with one attached hydrogen (secondary N) is 1. The van der Waals surface area contributed by atoms with Crippen molar-refractivity contribution in [1.82, 2.24) is 5.32 Å². The van der Waals surface area contributed by atoms with Crippen LogP contribution in [0, 0.1) is 0 Å². The molecule has 0 aromatic carbocycles. The third kappa shape index (κ3) is 44.2. The van der Waals surface area contributed by atoms with Crippen LogP contribution in [-0.4, -0.2) is 47.4 Å². The molecular formula is C52H101NO5. The fraction of sp³-hybridized carbons (Fsp3) is 0.923. The van der Waals surface area contributed by atoms with Gasteiger partial charge in [0.25, 0.3) is 0 Å². The number of aliphatic hydroxyl groups is 2.